The Morgan fingerprint density at radius 2 is 2.05 bits per heavy atom. The van der Waals surface area contributed by atoms with Gasteiger partial charge in [0.05, 0.1) is 11.9 Å². The fraction of sp³-hybridized carbons (Fsp3) is 0.214. The molecule has 1 amide bonds. The summed E-state index contributed by atoms with van der Waals surface area (Å²) in [4.78, 5) is 20.2. The zero-order chi connectivity index (χ0) is 14.5. The van der Waals surface area contributed by atoms with Crippen molar-refractivity contribution in [1.29, 1.82) is 0 Å². The lowest BCUT2D eigenvalue weighted by Crippen LogP contribution is -2.13. The average Bonchev–Trinajstić information content (AvgIpc) is 2.41. The predicted octanol–water partition coefficient (Wildman–Crippen LogP) is 3.99. The monoisotopic (exact) mass is 309 g/mol. The number of pyridine rings is 2. The van der Waals surface area contributed by atoms with Gasteiger partial charge in [-0.3, -0.25) is 4.79 Å². The SMILES string of the molecule is CCCc1cc(C(=O)Nc2ccc(Cl)nc2)cc(Cl)n1. The number of nitrogens with zero attached hydrogens (tertiary/aromatic N) is 2. The molecule has 0 aromatic carbocycles. The van der Waals surface area contributed by atoms with E-state index in [0.717, 1.165) is 18.5 Å². The fourth-order valence-electron chi connectivity index (χ4n) is 1.72. The van der Waals surface area contributed by atoms with Gasteiger partial charge in [-0.2, -0.15) is 0 Å². The zero-order valence-electron chi connectivity index (χ0n) is 10.9. The third-order valence-corrected chi connectivity index (χ3v) is 3.02. The second-order valence-electron chi connectivity index (χ2n) is 4.24. The molecule has 4 nitrogen and oxygen atoms in total. The van der Waals surface area contributed by atoms with Crippen molar-refractivity contribution in [1.82, 2.24) is 9.97 Å². The number of rotatable bonds is 4. The molecule has 104 valence electrons. The van der Waals surface area contributed by atoms with Gasteiger partial charge in [0.1, 0.15) is 10.3 Å². The molecule has 0 bridgehead atoms. The van der Waals surface area contributed by atoms with Crippen molar-refractivity contribution in [3.63, 3.8) is 0 Å². The summed E-state index contributed by atoms with van der Waals surface area (Å²) in [6.45, 7) is 2.04. The molecule has 2 aromatic heterocycles. The third-order valence-electron chi connectivity index (χ3n) is 2.60. The van der Waals surface area contributed by atoms with Gasteiger partial charge >= 0.3 is 0 Å². The van der Waals surface area contributed by atoms with Gasteiger partial charge in [0, 0.05) is 11.3 Å². The first-order valence-electron chi connectivity index (χ1n) is 6.18. The van der Waals surface area contributed by atoms with E-state index in [1.807, 2.05) is 6.92 Å². The highest BCUT2D eigenvalue weighted by Gasteiger charge is 2.09. The predicted molar refractivity (Wildman–Crippen MR) is 80.4 cm³/mol. The maximum absolute atomic E-state index is 12.1. The van der Waals surface area contributed by atoms with E-state index in [-0.39, 0.29) is 5.91 Å². The van der Waals surface area contributed by atoms with Crippen LogP contribution < -0.4 is 5.32 Å². The Morgan fingerprint density at radius 1 is 1.25 bits per heavy atom. The number of anilines is 1. The summed E-state index contributed by atoms with van der Waals surface area (Å²) in [6.07, 6.45) is 3.22. The number of carbonyl (C=O) groups is 1. The molecule has 6 heteroatoms. The smallest absolute Gasteiger partial charge is 0.255 e. The van der Waals surface area contributed by atoms with Gasteiger partial charge in [0.25, 0.3) is 5.91 Å². The Morgan fingerprint density at radius 3 is 2.70 bits per heavy atom. The maximum atomic E-state index is 12.1. The maximum Gasteiger partial charge on any atom is 0.255 e. The topological polar surface area (TPSA) is 54.9 Å². The summed E-state index contributed by atoms with van der Waals surface area (Å²) in [5, 5.41) is 3.43. The molecule has 0 aliphatic heterocycles. The van der Waals surface area contributed by atoms with E-state index in [1.54, 1.807) is 24.3 Å². The van der Waals surface area contributed by atoms with Gasteiger partial charge in [0.2, 0.25) is 0 Å². The van der Waals surface area contributed by atoms with E-state index >= 15 is 0 Å². The van der Waals surface area contributed by atoms with Gasteiger partial charge in [0.15, 0.2) is 0 Å². The molecular weight excluding hydrogens is 297 g/mol. The number of hydrogen-bond acceptors (Lipinski definition) is 3. The number of carbonyl (C=O) groups excluding carboxylic acids is 1. The van der Waals surface area contributed by atoms with Gasteiger partial charge < -0.3 is 5.32 Å². The molecule has 0 spiro atoms. The van der Waals surface area contributed by atoms with E-state index < -0.39 is 0 Å². The Labute approximate surface area is 127 Å². The number of nitrogens with one attached hydrogen (secondary N) is 1. The van der Waals surface area contributed by atoms with Crippen molar-refractivity contribution in [3.8, 4) is 0 Å². The van der Waals surface area contributed by atoms with Crippen LogP contribution in [-0.4, -0.2) is 15.9 Å². The van der Waals surface area contributed by atoms with Crippen molar-refractivity contribution < 1.29 is 4.79 Å². The van der Waals surface area contributed by atoms with Crippen LogP contribution in [0, 0.1) is 0 Å². The van der Waals surface area contributed by atoms with Crippen LogP contribution >= 0.6 is 23.2 Å². The molecular formula is C14H13Cl2N3O. The van der Waals surface area contributed by atoms with Gasteiger partial charge in [-0.15, -0.1) is 0 Å². The standard InChI is InChI=1S/C14H13Cl2N3O/c1-2-3-10-6-9(7-13(16)18-10)14(20)19-11-4-5-12(15)17-8-11/h4-8H,2-3H2,1H3,(H,19,20). The van der Waals surface area contributed by atoms with Crippen molar-refractivity contribution in [2.24, 2.45) is 0 Å². The van der Waals surface area contributed by atoms with Crippen LogP contribution in [0.15, 0.2) is 30.5 Å². The quantitative estimate of drug-likeness (QED) is 0.869. The number of amides is 1. The number of hydrogen-bond donors (Lipinski definition) is 1. The van der Waals surface area contributed by atoms with E-state index in [0.29, 0.717) is 21.6 Å². The van der Waals surface area contributed by atoms with Gasteiger partial charge in [-0.25, -0.2) is 9.97 Å². The molecule has 0 aliphatic carbocycles. The van der Waals surface area contributed by atoms with Crippen LogP contribution in [0.2, 0.25) is 10.3 Å². The third kappa shape index (κ3) is 3.92. The molecule has 0 saturated heterocycles. The lowest BCUT2D eigenvalue weighted by Gasteiger charge is -2.07. The highest BCUT2D eigenvalue weighted by molar-refractivity contribution is 6.30. The Balaban J connectivity index is 2.18. The molecule has 2 heterocycles. The summed E-state index contributed by atoms with van der Waals surface area (Å²) in [7, 11) is 0. The lowest BCUT2D eigenvalue weighted by atomic mass is 10.1. The first kappa shape index (κ1) is 14.8. The van der Waals surface area contributed by atoms with E-state index in [1.165, 1.54) is 6.20 Å². The molecule has 0 unspecified atom stereocenters. The summed E-state index contributed by atoms with van der Waals surface area (Å²) >= 11 is 11.6. The summed E-state index contributed by atoms with van der Waals surface area (Å²) in [5.74, 6) is -0.254. The van der Waals surface area contributed by atoms with Crippen molar-refractivity contribution >= 4 is 34.8 Å². The van der Waals surface area contributed by atoms with E-state index in [4.69, 9.17) is 23.2 Å². The number of halogens is 2. The first-order valence-corrected chi connectivity index (χ1v) is 6.93. The van der Waals surface area contributed by atoms with Crippen molar-refractivity contribution in [3.05, 3.63) is 52.0 Å². The van der Waals surface area contributed by atoms with Crippen LogP contribution in [0.25, 0.3) is 0 Å². The fourth-order valence-corrected chi connectivity index (χ4v) is 2.06. The molecule has 0 aliphatic rings. The second-order valence-corrected chi connectivity index (χ2v) is 5.02. The van der Waals surface area contributed by atoms with Crippen LogP contribution in [-0.2, 0) is 6.42 Å². The Hall–Kier alpha value is -1.65. The molecule has 20 heavy (non-hydrogen) atoms. The van der Waals surface area contributed by atoms with Gasteiger partial charge in [-0.1, -0.05) is 36.5 Å². The van der Waals surface area contributed by atoms with E-state index in [2.05, 4.69) is 15.3 Å². The second kappa shape index (κ2) is 6.68. The van der Waals surface area contributed by atoms with Crippen molar-refractivity contribution in [2.45, 2.75) is 19.8 Å². The van der Waals surface area contributed by atoms with E-state index in [9.17, 15) is 4.79 Å². The minimum Gasteiger partial charge on any atom is -0.321 e. The molecule has 0 radical (unpaired) electrons. The summed E-state index contributed by atoms with van der Waals surface area (Å²) in [6, 6.07) is 6.58. The molecule has 0 saturated carbocycles. The normalized spacial score (nSPS) is 10.3. The molecule has 1 N–H and O–H groups in total. The number of aryl methyl sites for hydroxylation is 1. The summed E-state index contributed by atoms with van der Waals surface area (Å²) < 4.78 is 0. The minimum absolute atomic E-state index is 0.254. The Bertz CT molecular complexity index is 614. The van der Waals surface area contributed by atoms with Crippen LogP contribution in [0.4, 0.5) is 5.69 Å². The van der Waals surface area contributed by atoms with Crippen LogP contribution in [0.1, 0.15) is 29.4 Å². The average molecular weight is 310 g/mol. The van der Waals surface area contributed by atoms with Gasteiger partial charge in [-0.05, 0) is 30.7 Å². The molecule has 0 fully saturated rings. The highest BCUT2D eigenvalue weighted by Crippen LogP contribution is 2.15. The molecule has 2 aromatic rings. The first-order chi connectivity index (χ1) is 9.58. The minimum atomic E-state index is -0.254. The number of aromatic nitrogens is 2. The zero-order valence-corrected chi connectivity index (χ0v) is 12.4. The summed E-state index contributed by atoms with van der Waals surface area (Å²) in [5.41, 5.74) is 1.85. The molecule has 2 rings (SSSR count). The lowest BCUT2D eigenvalue weighted by molar-refractivity contribution is 0.102. The highest BCUT2D eigenvalue weighted by atomic mass is 35.5. The largest absolute Gasteiger partial charge is 0.321 e. The van der Waals surface area contributed by atoms with Crippen LogP contribution in [0.5, 0.6) is 0 Å². The van der Waals surface area contributed by atoms with Crippen molar-refractivity contribution in [2.75, 3.05) is 5.32 Å². The van der Waals surface area contributed by atoms with Crippen LogP contribution in [0.3, 0.4) is 0 Å². The Kier molecular flexibility index (Phi) is 4.93. The molecule has 0 atom stereocenters.